The summed E-state index contributed by atoms with van der Waals surface area (Å²) in [6.07, 6.45) is 3.19. The third-order valence-corrected chi connectivity index (χ3v) is 3.46. The summed E-state index contributed by atoms with van der Waals surface area (Å²) in [5.74, 6) is 1.06. The van der Waals surface area contributed by atoms with E-state index in [1.54, 1.807) is 10.7 Å². The van der Waals surface area contributed by atoms with Gasteiger partial charge in [0.15, 0.2) is 5.82 Å². The monoisotopic (exact) mass is 261 g/mol. The van der Waals surface area contributed by atoms with Gasteiger partial charge in [-0.2, -0.15) is 4.68 Å². The van der Waals surface area contributed by atoms with Gasteiger partial charge in [0.25, 0.3) is 0 Å². The molecule has 0 bridgehead atoms. The molecule has 0 aliphatic carbocycles. The summed E-state index contributed by atoms with van der Waals surface area (Å²) in [5, 5.41) is 15.1. The minimum Gasteiger partial charge on any atom is -0.316 e. The van der Waals surface area contributed by atoms with Gasteiger partial charge in [0, 0.05) is 6.42 Å². The zero-order valence-electron chi connectivity index (χ0n) is 10.6. The maximum Gasteiger partial charge on any atom is 0.157 e. The molecule has 0 radical (unpaired) electrons. The smallest absolute Gasteiger partial charge is 0.157 e. The molecule has 6 heteroatoms. The van der Waals surface area contributed by atoms with Crippen molar-refractivity contribution in [1.29, 1.82) is 0 Å². The van der Waals surface area contributed by atoms with Crippen LogP contribution in [0.2, 0.25) is 0 Å². The average Bonchev–Trinajstić information content (AvgIpc) is 2.88. The van der Waals surface area contributed by atoms with Crippen molar-refractivity contribution in [2.75, 3.05) is 13.1 Å². The highest BCUT2D eigenvalue weighted by Gasteiger charge is 2.18. The number of hydrogen-bond donors (Lipinski definition) is 1. The Hall–Kier alpha value is -1.82. The zero-order valence-corrected chi connectivity index (χ0v) is 10.6. The second-order valence-corrected chi connectivity index (χ2v) is 4.90. The van der Waals surface area contributed by atoms with Crippen LogP contribution < -0.4 is 5.32 Å². The molecule has 1 aliphatic heterocycles. The molecule has 0 amide bonds. The molecule has 1 unspecified atom stereocenters. The van der Waals surface area contributed by atoms with Gasteiger partial charge in [-0.05, 0) is 60.5 Å². The lowest BCUT2D eigenvalue weighted by Gasteiger charge is -2.21. The first-order valence-electron chi connectivity index (χ1n) is 6.57. The van der Waals surface area contributed by atoms with Gasteiger partial charge in [-0.1, -0.05) is 6.07 Å². The summed E-state index contributed by atoms with van der Waals surface area (Å²) in [6, 6.07) is 6.33. The zero-order chi connectivity index (χ0) is 13.1. The van der Waals surface area contributed by atoms with Gasteiger partial charge in [0.2, 0.25) is 0 Å². The van der Waals surface area contributed by atoms with E-state index in [1.807, 2.05) is 6.07 Å². The molecule has 100 valence electrons. The van der Waals surface area contributed by atoms with Crippen LogP contribution in [0.5, 0.6) is 0 Å². The minimum absolute atomic E-state index is 0.279. The summed E-state index contributed by atoms with van der Waals surface area (Å²) in [7, 11) is 0. The molecule has 2 aromatic rings. The highest BCUT2D eigenvalue weighted by molar-refractivity contribution is 5.31. The van der Waals surface area contributed by atoms with Crippen LogP contribution in [0.1, 0.15) is 18.7 Å². The SMILES string of the molecule is Fc1cccc(-n2nnnc2CC2CCCNC2)c1. The van der Waals surface area contributed by atoms with E-state index < -0.39 is 0 Å². The summed E-state index contributed by atoms with van der Waals surface area (Å²) < 4.78 is 14.9. The number of benzene rings is 1. The topological polar surface area (TPSA) is 55.6 Å². The van der Waals surface area contributed by atoms with Crippen molar-refractivity contribution < 1.29 is 4.39 Å². The third-order valence-electron chi connectivity index (χ3n) is 3.46. The van der Waals surface area contributed by atoms with E-state index >= 15 is 0 Å². The van der Waals surface area contributed by atoms with Crippen LogP contribution in [0.25, 0.3) is 5.69 Å². The first-order chi connectivity index (χ1) is 9.33. The predicted molar refractivity (Wildman–Crippen MR) is 68.4 cm³/mol. The third kappa shape index (κ3) is 2.78. The fraction of sp³-hybridized carbons (Fsp3) is 0.462. The fourth-order valence-corrected chi connectivity index (χ4v) is 2.50. The lowest BCUT2D eigenvalue weighted by Crippen LogP contribution is -2.31. The number of nitrogens with one attached hydrogen (secondary N) is 1. The van der Waals surface area contributed by atoms with E-state index in [4.69, 9.17) is 0 Å². The molecule has 1 N–H and O–H groups in total. The molecule has 1 aliphatic rings. The van der Waals surface area contributed by atoms with Crippen molar-refractivity contribution in [2.45, 2.75) is 19.3 Å². The molecule has 19 heavy (non-hydrogen) atoms. The summed E-state index contributed by atoms with van der Waals surface area (Å²) in [5.41, 5.74) is 0.670. The molecule has 2 heterocycles. The number of rotatable bonds is 3. The molecular weight excluding hydrogens is 245 g/mol. The van der Waals surface area contributed by atoms with Gasteiger partial charge in [-0.15, -0.1) is 5.10 Å². The molecule has 1 atom stereocenters. The summed E-state index contributed by atoms with van der Waals surface area (Å²) in [6.45, 7) is 2.08. The van der Waals surface area contributed by atoms with E-state index in [-0.39, 0.29) is 5.82 Å². The van der Waals surface area contributed by atoms with Crippen LogP contribution >= 0.6 is 0 Å². The number of nitrogens with zero attached hydrogens (tertiary/aromatic N) is 4. The standard InChI is InChI=1S/C13H16FN5/c14-11-4-1-5-12(8-11)19-13(16-17-18-19)7-10-3-2-6-15-9-10/h1,4-5,8,10,15H,2-3,6-7,9H2. The van der Waals surface area contributed by atoms with E-state index in [1.165, 1.54) is 25.0 Å². The Labute approximate surface area is 110 Å². The van der Waals surface area contributed by atoms with Crippen molar-refractivity contribution in [3.63, 3.8) is 0 Å². The second kappa shape index (κ2) is 5.44. The van der Waals surface area contributed by atoms with Crippen LogP contribution in [-0.4, -0.2) is 33.3 Å². The quantitative estimate of drug-likeness (QED) is 0.906. The molecular formula is C13H16FN5. The Morgan fingerprint density at radius 3 is 3.16 bits per heavy atom. The van der Waals surface area contributed by atoms with Gasteiger partial charge in [0.1, 0.15) is 5.82 Å². The lowest BCUT2D eigenvalue weighted by atomic mass is 9.96. The first kappa shape index (κ1) is 12.2. The molecule has 1 saturated heterocycles. The Kier molecular flexibility index (Phi) is 3.50. The number of hydrogen-bond acceptors (Lipinski definition) is 4. The lowest BCUT2D eigenvalue weighted by molar-refractivity contribution is 0.368. The number of aromatic nitrogens is 4. The van der Waals surface area contributed by atoms with Crippen LogP contribution in [0, 0.1) is 11.7 Å². The highest BCUT2D eigenvalue weighted by atomic mass is 19.1. The van der Waals surface area contributed by atoms with Crippen molar-refractivity contribution in [1.82, 2.24) is 25.5 Å². The van der Waals surface area contributed by atoms with Crippen LogP contribution in [0.4, 0.5) is 4.39 Å². The predicted octanol–water partition coefficient (Wildman–Crippen LogP) is 1.34. The summed E-state index contributed by atoms with van der Waals surface area (Å²) in [4.78, 5) is 0. The van der Waals surface area contributed by atoms with Crippen molar-refractivity contribution in [2.24, 2.45) is 5.92 Å². The normalized spacial score (nSPS) is 19.5. The Bertz CT molecular complexity index is 547. The van der Waals surface area contributed by atoms with Gasteiger partial charge in [-0.3, -0.25) is 0 Å². The Morgan fingerprint density at radius 2 is 2.37 bits per heavy atom. The van der Waals surface area contributed by atoms with Crippen molar-refractivity contribution in [3.8, 4) is 5.69 Å². The molecule has 5 nitrogen and oxygen atoms in total. The minimum atomic E-state index is -0.279. The van der Waals surface area contributed by atoms with E-state index in [0.29, 0.717) is 11.6 Å². The molecule has 0 spiro atoms. The molecule has 0 saturated carbocycles. The second-order valence-electron chi connectivity index (χ2n) is 4.90. The van der Waals surface area contributed by atoms with Gasteiger partial charge in [-0.25, -0.2) is 4.39 Å². The maximum atomic E-state index is 13.3. The van der Waals surface area contributed by atoms with Crippen LogP contribution in [0.15, 0.2) is 24.3 Å². The number of piperidine rings is 1. The first-order valence-corrected chi connectivity index (χ1v) is 6.57. The molecule has 1 fully saturated rings. The largest absolute Gasteiger partial charge is 0.316 e. The molecule has 3 rings (SSSR count). The average molecular weight is 261 g/mol. The highest BCUT2D eigenvalue weighted by Crippen LogP contribution is 2.17. The van der Waals surface area contributed by atoms with Crippen molar-refractivity contribution >= 4 is 0 Å². The van der Waals surface area contributed by atoms with Gasteiger partial charge >= 0.3 is 0 Å². The van der Waals surface area contributed by atoms with Crippen LogP contribution in [0.3, 0.4) is 0 Å². The van der Waals surface area contributed by atoms with Gasteiger partial charge < -0.3 is 5.32 Å². The Balaban J connectivity index is 1.81. The van der Waals surface area contributed by atoms with Gasteiger partial charge in [0.05, 0.1) is 5.69 Å². The Morgan fingerprint density at radius 1 is 1.42 bits per heavy atom. The summed E-state index contributed by atoms with van der Waals surface area (Å²) >= 11 is 0. The molecule has 1 aromatic heterocycles. The number of tetrazole rings is 1. The van der Waals surface area contributed by atoms with E-state index in [9.17, 15) is 4.39 Å². The van der Waals surface area contributed by atoms with E-state index in [2.05, 4.69) is 20.8 Å². The fourth-order valence-electron chi connectivity index (χ4n) is 2.50. The number of halogens is 1. The van der Waals surface area contributed by atoms with Crippen molar-refractivity contribution in [3.05, 3.63) is 35.9 Å². The molecule has 1 aromatic carbocycles. The van der Waals surface area contributed by atoms with E-state index in [0.717, 1.165) is 25.3 Å². The van der Waals surface area contributed by atoms with Crippen LogP contribution in [-0.2, 0) is 6.42 Å². The maximum absolute atomic E-state index is 13.3.